The number of hydrogen-bond acceptors (Lipinski definition) is 4. The van der Waals surface area contributed by atoms with Crippen molar-refractivity contribution in [3.63, 3.8) is 0 Å². The predicted octanol–water partition coefficient (Wildman–Crippen LogP) is 2.25. The van der Waals surface area contributed by atoms with Crippen LogP contribution in [0.5, 0.6) is 5.88 Å². The molecule has 23 heavy (non-hydrogen) atoms. The standard InChI is InChI=1S/C14H17ClF3N3O2/c15-11-7-10(14(16,17)18)8-21-13(11)23-6-5-20-12(22)9-1-3-19-4-2-9/h7-9,19H,1-6H2,(H,20,22). The van der Waals surface area contributed by atoms with Crippen LogP contribution < -0.4 is 15.4 Å². The zero-order valence-electron chi connectivity index (χ0n) is 12.3. The summed E-state index contributed by atoms with van der Waals surface area (Å²) in [7, 11) is 0. The first-order valence-corrected chi connectivity index (χ1v) is 7.59. The van der Waals surface area contributed by atoms with E-state index in [1.165, 1.54) is 0 Å². The highest BCUT2D eigenvalue weighted by Crippen LogP contribution is 2.32. The molecule has 9 heteroatoms. The Balaban J connectivity index is 1.77. The molecule has 2 N–H and O–H groups in total. The molecule has 5 nitrogen and oxygen atoms in total. The number of amides is 1. The van der Waals surface area contributed by atoms with Crippen LogP contribution in [0.15, 0.2) is 12.3 Å². The fourth-order valence-corrected chi connectivity index (χ4v) is 2.46. The number of ether oxygens (including phenoxy) is 1. The van der Waals surface area contributed by atoms with E-state index in [-0.39, 0.29) is 35.9 Å². The van der Waals surface area contributed by atoms with E-state index in [1.807, 2.05) is 0 Å². The third-order valence-electron chi connectivity index (χ3n) is 3.48. The minimum atomic E-state index is -4.50. The molecular formula is C14H17ClF3N3O2. The third kappa shape index (κ3) is 5.24. The lowest BCUT2D eigenvalue weighted by atomic mass is 9.97. The van der Waals surface area contributed by atoms with Crippen LogP contribution in [0.25, 0.3) is 0 Å². The first-order chi connectivity index (χ1) is 10.9. The minimum Gasteiger partial charge on any atom is -0.475 e. The summed E-state index contributed by atoms with van der Waals surface area (Å²) in [6, 6.07) is 0.761. The van der Waals surface area contributed by atoms with E-state index >= 15 is 0 Å². The molecular weight excluding hydrogens is 335 g/mol. The molecule has 1 amide bonds. The van der Waals surface area contributed by atoms with Crippen molar-refractivity contribution in [2.75, 3.05) is 26.2 Å². The van der Waals surface area contributed by atoms with Crippen molar-refractivity contribution in [1.82, 2.24) is 15.6 Å². The van der Waals surface area contributed by atoms with Gasteiger partial charge in [-0.15, -0.1) is 0 Å². The molecule has 2 heterocycles. The van der Waals surface area contributed by atoms with Gasteiger partial charge in [0.1, 0.15) is 11.6 Å². The Labute approximate surface area is 136 Å². The van der Waals surface area contributed by atoms with Crippen molar-refractivity contribution in [3.8, 4) is 5.88 Å². The maximum Gasteiger partial charge on any atom is 0.417 e. The Morgan fingerprint density at radius 2 is 2.13 bits per heavy atom. The summed E-state index contributed by atoms with van der Waals surface area (Å²) in [5.74, 6) is -0.138. The smallest absolute Gasteiger partial charge is 0.417 e. The Kier molecular flexibility index (Phi) is 6.06. The highest BCUT2D eigenvalue weighted by molar-refractivity contribution is 6.31. The molecule has 0 unspecified atom stereocenters. The number of alkyl halides is 3. The molecule has 1 aliphatic heterocycles. The summed E-state index contributed by atoms with van der Waals surface area (Å²) in [6.45, 7) is 1.95. The summed E-state index contributed by atoms with van der Waals surface area (Å²) in [5, 5.41) is 5.69. The van der Waals surface area contributed by atoms with Crippen LogP contribution in [0.1, 0.15) is 18.4 Å². The second-order valence-corrected chi connectivity index (χ2v) is 5.58. The van der Waals surface area contributed by atoms with Gasteiger partial charge < -0.3 is 15.4 Å². The molecule has 2 rings (SSSR count). The van der Waals surface area contributed by atoms with Gasteiger partial charge in [-0.2, -0.15) is 13.2 Å². The second kappa shape index (κ2) is 7.83. The van der Waals surface area contributed by atoms with Gasteiger partial charge in [-0.25, -0.2) is 4.98 Å². The number of carbonyl (C=O) groups is 1. The van der Waals surface area contributed by atoms with Gasteiger partial charge in [-0.3, -0.25) is 4.79 Å². The van der Waals surface area contributed by atoms with Gasteiger partial charge in [-0.1, -0.05) is 11.6 Å². The van der Waals surface area contributed by atoms with Crippen LogP contribution in [0.2, 0.25) is 5.02 Å². The van der Waals surface area contributed by atoms with Crippen molar-refractivity contribution >= 4 is 17.5 Å². The van der Waals surface area contributed by atoms with Gasteiger partial charge in [0, 0.05) is 12.1 Å². The summed E-state index contributed by atoms with van der Waals surface area (Å²) in [4.78, 5) is 15.4. The normalized spacial score (nSPS) is 16.2. The quantitative estimate of drug-likeness (QED) is 0.799. The first-order valence-electron chi connectivity index (χ1n) is 7.22. The highest BCUT2D eigenvalue weighted by atomic mass is 35.5. The molecule has 1 saturated heterocycles. The molecule has 0 radical (unpaired) electrons. The van der Waals surface area contributed by atoms with Gasteiger partial charge >= 0.3 is 6.18 Å². The molecule has 0 saturated carbocycles. The summed E-state index contributed by atoms with van der Waals surface area (Å²) < 4.78 is 42.6. The van der Waals surface area contributed by atoms with Crippen LogP contribution in [-0.4, -0.2) is 37.1 Å². The molecule has 1 aliphatic rings. The number of nitrogens with one attached hydrogen (secondary N) is 2. The number of rotatable bonds is 5. The van der Waals surface area contributed by atoms with Crippen molar-refractivity contribution in [1.29, 1.82) is 0 Å². The monoisotopic (exact) mass is 351 g/mol. The molecule has 0 atom stereocenters. The fraction of sp³-hybridized carbons (Fsp3) is 0.571. The lowest BCUT2D eigenvalue weighted by Gasteiger charge is -2.21. The van der Waals surface area contributed by atoms with E-state index in [1.54, 1.807) is 0 Å². The lowest BCUT2D eigenvalue weighted by molar-refractivity contribution is -0.137. The van der Waals surface area contributed by atoms with Crippen LogP contribution in [0, 0.1) is 5.92 Å². The van der Waals surface area contributed by atoms with Gasteiger partial charge in [0.15, 0.2) is 0 Å². The topological polar surface area (TPSA) is 63.2 Å². The van der Waals surface area contributed by atoms with Crippen molar-refractivity contribution in [3.05, 3.63) is 22.8 Å². The van der Waals surface area contributed by atoms with Crippen molar-refractivity contribution in [2.45, 2.75) is 19.0 Å². The minimum absolute atomic E-state index is 0.0102. The van der Waals surface area contributed by atoms with E-state index in [9.17, 15) is 18.0 Å². The number of piperidine rings is 1. The number of nitrogens with zero attached hydrogens (tertiary/aromatic N) is 1. The van der Waals surface area contributed by atoms with Crippen molar-refractivity contribution in [2.24, 2.45) is 5.92 Å². The summed E-state index contributed by atoms with van der Waals surface area (Å²) in [5.41, 5.74) is -0.936. The average Bonchev–Trinajstić information content (AvgIpc) is 2.52. The van der Waals surface area contributed by atoms with E-state index < -0.39 is 11.7 Å². The number of aromatic nitrogens is 1. The number of halogens is 4. The van der Waals surface area contributed by atoms with E-state index in [4.69, 9.17) is 16.3 Å². The van der Waals surface area contributed by atoms with E-state index in [0.29, 0.717) is 6.20 Å². The molecule has 0 bridgehead atoms. The third-order valence-corrected chi connectivity index (χ3v) is 3.76. The fourth-order valence-electron chi connectivity index (χ4n) is 2.24. The Morgan fingerprint density at radius 3 is 2.74 bits per heavy atom. The van der Waals surface area contributed by atoms with Crippen molar-refractivity contribution < 1.29 is 22.7 Å². The Bertz CT molecular complexity index is 549. The number of carbonyl (C=O) groups excluding carboxylic acids is 1. The molecule has 0 spiro atoms. The number of pyridine rings is 1. The molecule has 1 aromatic heterocycles. The first kappa shape index (κ1) is 17.8. The van der Waals surface area contributed by atoms with E-state index in [0.717, 1.165) is 32.0 Å². The van der Waals surface area contributed by atoms with Gasteiger partial charge in [0.05, 0.1) is 12.1 Å². The van der Waals surface area contributed by atoms with Gasteiger partial charge in [0.25, 0.3) is 0 Å². The average molecular weight is 352 g/mol. The Hall–Kier alpha value is -1.54. The van der Waals surface area contributed by atoms with Crippen LogP contribution in [0.3, 0.4) is 0 Å². The summed E-state index contributed by atoms with van der Waals surface area (Å²) >= 11 is 5.72. The van der Waals surface area contributed by atoms with Gasteiger partial charge in [-0.05, 0) is 32.0 Å². The molecule has 0 aromatic carbocycles. The molecule has 1 fully saturated rings. The summed E-state index contributed by atoms with van der Waals surface area (Å²) in [6.07, 6.45) is -2.26. The van der Waals surface area contributed by atoms with Crippen LogP contribution in [0.4, 0.5) is 13.2 Å². The zero-order valence-corrected chi connectivity index (χ0v) is 13.0. The molecule has 128 valence electrons. The molecule has 1 aromatic rings. The highest BCUT2D eigenvalue weighted by Gasteiger charge is 2.31. The van der Waals surface area contributed by atoms with E-state index in [2.05, 4.69) is 15.6 Å². The lowest BCUT2D eigenvalue weighted by Crippen LogP contribution is -2.39. The second-order valence-electron chi connectivity index (χ2n) is 5.17. The zero-order chi connectivity index (χ0) is 16.9. The SMILES string of the molecule is O=C(NCCOc1ncc(C(F)(F)F)cc1Cl)C1CCNCC1. The van der Waals surface area contributed by atoms with Gasteiger partial charge in [0.2, 0.25) is 11.8 Å². The maximum atomic E-state index is 12.5. The molecule has 0 aliphatic carbocycles. The largest absolute Gasteiger partial charge is 0.475 e. The maximum absolute atomic E-state index is 12.5. The Morgan fingerprint density at radius 1 is 1.43 bits per heavy atom. The van der Waals surface area contributed by atoms with Crippen LogP contribution >= 0.6 is 11.6 Å². The van der Waals surface area contributed by atoms with Crippen LogP contribution in [-0.2, 0) is 11.0 Å². The number of hydrogen-bond donors (Lipinski definition) is 2. The predicted molar refractivity (Wildman–Crippen MR) is 78.3 cm³/mol.